The summed E-state index contributed by atoms with van der Waals surface area (Å²) >= 11 is 0. The molecule has 0 unspecified atom stereocenters. The lowest BCUT2D eigenvalue weighted by molar-refractivity contribution is 0.498. The Morgan fingerprint density at radius 1 is 1.40 bits per heavy atom. The van der Waals surface area contributed by atoms with Gasteiger partial charge in [0.25, 0.3) is 0 Å². The molecule has 0 aliphatic carbocycles. The quantitative estimate of drug-likeness (QED) is 0.798. The van der Waals surface area contributed by atoms with Crippen molar-refractivity contribution in [3.8, 4) is 11.8 Å². The van der Waals surface area contributed by atoms with Crippen LogP contribution in [-0.2, 0) is 16.6 Å². The second kappa shape index (κ2) is 6.34. The fourth-order valence-electron chi connectivity index (χ4n) is 1.45. The highest BCUT2D eigenvalue weighted by molar-refractivity contribution is 7.89. The van der Waals surface area contributed by atoms with Crippen molar-refractivity contribution in [3.05, 3.63) is 48.2 Å². The summed E-state index contributed by atoms with van der Waals surface area (Å²) in [6.07, 6.45) is 4.22. The van der Waals surface area contributed by atoms with E-state index in [2.05, 4.69) is 21.5 Å². The molecule has 0 radical (unpaired) electrons. The van der Waals surface area contributed by atoms with Crippen LogP contribution < -0.4 is 10.5 Å². The highest BCUT2D eigenvalue weighted by Crippen LogP contribution is 2.10. The van der Waals surface area contributed by atoms with Crippen molar-refractivity contribution in [2.45, 2.75) is 11.4 Å². The molecule has 0 aliphatic heterocycles. The molecule has 3 N–H and O–H groups in total. The Morgan fingerprint density at radius 3 is 2.95 bits per heavy atom. The Hall–Kier alpha value is -2.14. The Morgan fingerprint density at radius 2 is 2.25 bits per heavy atom. The number of hydrogen-bond donors (Lipinski definition) is 2. The smallest absolute Gasteiger partial charge is 0.242 e. The number of sulfonamides is 1. The van der Waals surface area contributed by atoms with Crippen molar-refractivity contribution >= 4 is 10.0 Å². The molecule has 0 fully saturated rings. The van der Waals surface area contributed by atoms with Crippen LogP contribution in [0.4, 0.5) is 0 Å². The van der Waals surface area contributed by atoms with Crippen LogP contribution in [0.2, 0.25) is 0 Å². The van der Waals surface area contributed by atoms with Crippen LogP contribution in [0.5, 0.6) is 0 Å². The molecule has 2 heterocycles. The fraction of sp³-hybridized carbons (Fsp3) is 0.154. The molecular formula is C13H13N3O3S. The summed E-state index contributed by atoms with van der Waals surface area (Å²) in [5, 5.41) is 0. The molecule has 0 spiro atoms. The highest BCUT2D eigenvalue weighted by Gasteiger charge is 2.15. The number of hydrogen-bond acceptors (Lipinski definition) is 5. The lowest BCUT2D eigenvalue weighted by Crippen LogP contribution is -2.23. The van der Waals surface area contributed by atoms with E-state index in [1.807, 2.05) is 0 Å². The lowest BCUT2D eigenvalue weighted by atomic mass is 10.3. The predicted molar refractivity (Wildman–Crippen MR) is 72.9 cm³/mol. The third kappa shape index (κ3) is 3.68. The minimum atomic E-state index is -3.66. The molecule has 104 valence electrons. The zero-order chi connectivity index (χ0) is 14.4. The summed E-state index contributed by atoms with van der Waals surface area (Å²) in [5.41, 5.74) is 5.76. The average Bonchev–Trinajstić information content (AvgIpc) is 2.97. The van der Waals surface area contributed by atoms with Gasteiger partial charge >= 0.3 is 0 Å². The second-order valence-corrected chi connectivity index (χ2v) is 5.59. The second-order valence-electron chi connectivity index (χ2n) is 3.82. The van der Waals surface area contributed by atoms with Crippen molar-refractivity contribution in [3.63, 3.8) is 0 Å². The van der Waals surface area contributed by atoms with Crippen LogP contribution in [0.1, 0.15) is 11.3 Å². The molecule has 2 rings (SSSR count). The van der Waals surface area contributed by atoms with Gasteiger partial charge in [-0.1, -0.05) is 11.8 Å². The number of pyridine rings is 1. The van der Waals surface area contributed by atoms with E-state index in [9.17, 15) is 8.42 Å². The van der Waals surface area contributed by atoms with Crippen LogP contribution in [0.25, 0.3) is 0 Å². The first-order chi connectivity index (χ1) is 9.62. The van der Waals surface area contributed by atoms with Gasteiger partial charge in [0.2, 0.25) is 10.0 Å². The Labute approximate surface area is 117 Å². The average molecular weight is 291 g/mol. The molecule has 6 nitrogen and oxygen atoms in total. The van der Waals surface area contributed by atoms with E-state index >= 15 is 0 Å². The summed E-state index contributed by atoms with van der Waals surface area (Å²) in [6, 6.07) is 4.82. The van der Waals surface area contributed by atoms with Gasteiger partial charge in [-0.3, -0.25) is 4.98 Å². The third-order valence-corrected chi connectivity index (χ3v) is 3.74. The van der Waals surface area contributed by atoms with Crippen LogP contribution >= 0.6 is 0 Å². The number of nitrogens with two attached hydrogens (primary N) is 1. The van der Waals surface area contributed by atoms with Gasteiger partial charge in [0.05, 0.1) is 19.4 Å². The summed E-state index contributed by atoms with van der Waals surface area (Å²) in [5.74, 6) is 5.91. The number of nitrogens with zero attached hydrogens (tertiary/aromatic N) is 1. The molecular weight excluding hydrogens is 278 g/mol. The largest absolute Gasteiger partial charge is 0.468 e. The third-order valence-electron chi connectivity index (χ3n) is 2.37. The molecule has 0 amide bonds. The van der Waals surface area contributed by atoms with Crippen LogP contribution in [0.3, 0.4) is 0 Å². The maximum atomic E-state index is 12.1. The van der Waals surface area contributed by atoms with Gasteiger partial charge in [-0.25, -0.2) is 13.1 Å². The molecule has 0 saturated carbocycles. The van der Waals surface area contributed by atoms with Crippen molar-refractivity contribution < 1.29 is 12.8 Å². The van der Waals surface area contributed by atoms with Gasteiger partial charge in [0, 0.05) is 18.0 Å². The first-order valence-corrected chi connectivity index (χ1v) is 7.26. The van der Waals surface area contributed by atoms with Crippen molar-refractivity contribution in [2.24, 2.45) is 5.73 Å². The van der Waals surface area contributed by atoms with E-state index in [-0.39, 0.29) is 18.0 Å². The van der Waals surface area contributed by atoms with Gasteiger partial charge in [-0.05, 0) is 18.2 Å². The van der Waals surface area contributed by atoms with E-state index in [0.29, 0.717) is 11.3 Å². The molecule has 2 aromatic rings. The zero-order valence-corrected chi connectivity index (χ0v) is 11.4. The minimum absolute atomic E-state index is 0.0490. The van der Waals surface area contributed by atoms with Gasteiger partial charge in [-0.2, -0.15) is 0 Å². The Bertz CT molecular complexity index is 728. The van der Waals surface area contributed by atoms with Gasteiger partial charge < -0.3 is 10.2 Å². The van der Waals surface area contributed by atoms with Gasteiger partial charge in [-0.15, -0.1) is 0 Å². The number of rotatable bonds is 4. The molecule has 0 aromatic carbocycles. The predicted octanol–water partition coefficient (Wildman–Crippen LogP) is 0.463. The molecule has 20 heavy (non-hydrogen) atoms. The molecule has 2 aromatic heterocycles. The minimum Gasteiger partial charge on any atom is -0.468 e. The highest BCUT2D eigenvalue weighted by atomic mass is 32.2. The summed E-state index contributed by atoms with van der Waals surface area (Å²) < 4.78 is 31.7. The Balaban J connectivity index is 2.16. The van der Waals surface area contributed by atoms with Gasteiger partial charge in [0.15, 0.2) is 0 Å². The standard InChI is InChI=1S/C13H13N3O3S/c14-5-1-3-11-7-13(10-15-8-11)20(17,18)16-9-12-4-2-6-19-12/h2,4,6-8,10,16H,5,9,14H2. The topological polar surface area (TPSA) is 98.2 Å². The van der Waals surface area contributed by atoms with Crippen molar-refractivity contribution in [1.29, 1.82) is 0 Å². The van der Waals surface area contributed by atoms with Crippen LogP contribution in [0.15, 0.2) is 46.2 Å². The molecule has 7 heteroatoms. The van der Waals surface area contributed by atoms with Crippen molar-refractivity contribution in [1.82, 2.24) is 9.71 Å². The number of nitrogens with one attached hydrogen (secondary N) is 1. The van der Waals surface area contributed by atoms with E-state index in [4.69, 9.17) is 10.2 Å². The van der Waals surface area contributed by atoms with E-state index in [1.165, 1.54) is 24.7 Å². The number of aromatic nitrogens is 1. The first-order valence-electron chi connectivity index (χ1n) is 5.78. The molecule has 0 atom stereocenters. The zero-order valence-electron chi connectivity index (χ0n) is 10.5. The molecule has 0 aliphatic rings. The maximum Gasteiger partial charge on any atom is 0.242 e. The molecule has 0 saturated heterocycles. The fourth-order valence-corrected chi connectivity index (χ4v) is 2.43. The SMILES string of the molecule is NCC#Cc1cncc(S(=O)(=O)NCc2ccco2)c1. The van der Waals surface area contributed by atoms with Crippen molar-refractivity contribution in [2.75, 3.05) is 6.54 Å². The maximum absolute atomic E-state index is 12.1. The monoisotopic (exact) mass is 291 g/mol. The van der Waals surface area contributed by atoms with E-state index < -0.39 is 10.0 Å². The lowest BCUT2D eigenvalue weighted by Gasteiger charge is -2.05. The summed E-state index contributed by atoms with van der Waals surface area (Å²) in [4.78, 5) is 3.91. The summed E-state index contributed by atoms with van der Waals surface area (Å²) in [6.45, 7) is 0.280. The van der Waals surface area contributed by atoms with E-state index in [1.54, 1.807) is 12.1 Å². The van der Waals surface area contributed by atoms with E-state index in [0.717, 1.165) is 0 Å². The summed E-state index contributed by atoms with van der Waals surface area (Å²) in [7, 11) is -3.66. The molecule has 0 bridgehead atoms. The van der Waals surface area contributed by atoms with Crippen LogP contribution in [0, 0.1) is 11.8 Å². The Kier molecular flexibility index (Phi) is 4.53. The van der Waals surface area contributed by atoms with Crippen LogP contribution in [-0.4, -0.2) is 19.9 Å². The first kappa shape index (κ1) is 14.3. The number of furan rings is 1. The van der Waals surface area contributed by atoms with Gasteiger partial charge in [0.1, 0.15) is 10.7 Å². The normalized spacial score (nSPS) is 10.8.